The lowest BCUT2D eigenvalue weighted by molar-refractivity contribution is -0.127. The van der Waals surface area contributed by atoms with E-state index in [0.29, 0.717) is 51.9 Å². The summed E-state index contributed by atoms with van der Waals surface area (Å²) in [6.45, 7) is 2.45. The summed E-state index contributed by atoms with van der Waals surface area (Å²) >= 11 is 0. The van der Waals surface area contributed by atoms with Crippen LogP contribution in [0.4, 0.5) is 5.69 Å². The highest BCUT2D eigenvalue weighted by Crippen LogP contribution is 2.42. The number of carbonyl (C=O) groups excluding carboxylic acids is 2. The monoisotopic (exact) mass is 609 g/mol. The first kappa shape index (κ1) is 30.9. The molecule has 11 nitrogen and oxygen atoms in total. The number of amides is 2. The fourth-order valence-electron chi connectivity index (χ4n) is 5.10. The van der Waals surface area contributed by atoms with Crippen LogP contribution in [0.1, 0.15) is 24.1 Å². The average molecular weight is 610 g/mol. The average Bonchev–Trinajstić information content (AvgIpc) is 3.48. The van der Waals surface area contributed by atoms with Gasteiger partial charge in [-0.3, -0.25) is 14.5 Å². The quantitative estimate of drug-likeness (QED) is 0.199. The maximum atomic E-state index is 14.4. The van der Waals surface area contributed by atoms with Gasteiger partial charge < -0.3 is 24.3 Å². The molecule has 0 fully saturated rings. The molecular weight excluding hydrogens is 574 g/mol. The van der Waals surface area contributed by atoms with E-state index in [2.05, 4.69) is 15.6 Å². The molecule has 2 amide bonds. The van der Waals surface area contributed by atoms with Crippen molar-refractivity contribution < 1.29 is 28.5 Å². The number of ether oxygens (including phenoxy) is 4. The Labute approximate surface area is 261 Å². The zero-order valence-corrected chi connectivity index (χ0v) is 25.6. The predicted molar refractivity (Wildman–Crippen MR) is 170 cm³/mol. The third-order valence-electron chi connectivity index (χ3n) is 7.22. The molecule has 1 heterocycles. The molecule has 0 saturated heterocycles. The first-order chi connectivity index (χ1) is 22.0. The SMILES string of the molecule is CCOc1ccc(N(C(=O)Cn2nnc3ccccc32)[C@@H](C(=O)NCc2ccccc2)c2cc(OC)c(OC)c(OC)c2)cc1. The third kappa shape index (κ3) is 6.82. The van der Waals surface area contributed by atoms with Gasteiger partial charge in [-0.1, -0.05) is 47.7 Å². The van der Waals surface area contributed by atoms with E-state index < -0.39 is 17.9 Å². The van der Waals surface area contributed by atoms with Crippen LogP contribution in [0, 0.1) is 0 Å². The molecule has 11 heteroatoms. The second kappa shape index (κ2) is 14.3. The summed E-state index contributed by atoms with van der Waals surface area (Å²) in [6.07, 6.45) is 0. The molecule has 0 aliphatic carbocycles. The minimum absolute atomic E-state index is 0.180. The summed E-state index contributed by atoms with van der Waals surface area (Å²) in [5, 5.41) is 11.4. The second-order valence-electron chi connectivity index (χ2n) is 9.99. The van der Waals surface area contributed by atoms with E-state index in [1.165, 1.54) is 30.9 Å². The Bertz CT molecular complexity index is 1730. The van der Waals surface area contributed by atoms with Gasteiger partial charge in [-0.05, 0) is 66.6 Å². The first-order valence-electron chi connectivity index (χ1n) is 14.4. The number of hydrogen-bond donors (Lipinski definition) is 1. The summed E-state index contributed by atoms with van der Waals surface area (Å²) in [4.78, 5) is 30.2. The van der Waals surface area contributed by atoms with Crippen molar-refractivity contribution in [1.82, 2.24) is 20.3 Å². The van der Waals surface area contributed by atoms with E-state index in [9.17, 15) is 9.59 Å². The number of aromatic nitrogens is 3. The Balaban J connectivity index is 1.64. The lowest BCUT2D eigenvalue weighted by Crippen LogP contribution is -2.45. The molecule has 5 aromatic rings. The maximum Gasteiger partial charge on any atom is 0.249 e. The Kier molecular flexibility index (Phi) is 9.78. The smallest absolute Gasteiger partial charge is 0.249 e. The van der Waals surface area contributed by atoms with Crippen LogP contribution in [0.5, 0.6) is 23.0 Å². The number of benzene rings is 4. The predicted octanol–water partition coefficient (Wildman–Crippen LogP) is 4.95. The topological polar surface area (TPSA) is 117 Å². The van der Waals surface area contributed by atoms with Gasteiger partial charge in [0.25, 0.3) is 0 Å². The minimum atomic E-state index is -1.15. The zero-order chi connectivity index (χ0) is 31.8. The highest BCUT2D eigenvalue weighted by atomic mass is 16.5. The van der Waals surface area contributed by atoms with Gasteiger partial charge in [0.15, 0.2) is 11.5 Å². The zero-order valence-electron chi connectivity index (χ0n) is 25.6. The van der Waals surface area contributed by atoms with Gasteiger partial charge in [-0.25, -0.2) is 4.68 Å². The first-order valence-corrected chi connectivity index (χ1v) is 14.4. The number of nitrogens with zero attached hydrogens (tertiary/aromatic N) is 4. The van der Waals surface area contributed by atoms with Crippen molar-refractivity contribution in [2.24, 2.45) is 0 Å². The van der Waals surface area contributed by atoms with Gasteiger partial charge in [0.2, 0.25) is 17.6 Å². The summed E-state index contributed by atoms with van der Waals surface area (Å²) in [5.74, 6) is 0.861. The molecule has 0 radical (unpaired) electrons. The van der Waals surface area contributed by atoms with E-state index in [0.717, 1.165) is 5.56 Å². The van der Waals surface area contributed by atoms with E-state index in [1.54, 1.807) is 36.4 Å². The fourth-order valence-corrected chi connectivity index (χ4v) is 5.10. The van der Waals surface area contributed by atoms with Gasteiger partial charge in [0.05, 0.1) is 33.5 Å². The molecule has 1 atom stereocenters. The summed E-state index contributed by atoms with van der Waals surface area (Å²) in [6, 6.07) is 26.1. The van der Waals surface area contributed by atoms with Crippen LogP contribution in [0.3, 0.4) is 0 Å². The molecular formula is C34H35N5O6. The molecule has 0 aliphatic rings. The largest absolute Gasteiger partial charge is 0.494 e. The van der Waals surface area contributed by atoms with Gasteiger partial charge in [-0.2, -0.15) is 0 Å². The number of fused-ring (bicyclic) bond motifs is 1. The lowest BCUT2D eigenvalue weighted by atomic mass is 10.0. The highest BCUT2D eigenvalue weighted by Gasteiger charge is 2.35. The summed E-state index contributed by atoms with van der Waals surface area (Å²) in [7, 11) is 4.50. The standard InChI is InChI=1S/C34H35N5O6/c1-5-45-26-17-15-25(16-18-26)39(31(40)22-38-28-14-10-9-13-27(28)36-37-38)32(34(41)35-21-23-11-7-6-8-12-23)24-19-29(42-2)33(44-4)30(20-24)43-3/h6-20,32H,5,21-22H2,1-4H3,(H,35,41)/t32-/m1/s1. The highest BCUT2D eigenvalue weighted by molar-refractivity contribution is 6.01. The number of hydrogen-bond acceptors (Lipinski definition) is 8. The molecule has 4 aromatic carbocycles. The third-order valence-corrected chi connectivity index (χ3v) is 7.22. The Morgan fingerprint density at radius 3 is 2.18 bits per heavy atom. The van der Waals surface area contributed by atoms with Crippen LogP contribution in [-0.2, 0) is 22.7 Å². The van der Waals surface area contributed by atoms with Crippen LogP contribution in [-0.4, -0.2) is 54.7 Å². The van der Waals surface area contributed by atoms with Crippen LogP contribution in [0.25, 0.3) is 11.0 Å². The maximum absolute atomic E-state index is 14.4. The Morgan fingerprint density at radius 1 is 0.867 bits per heavy atom. The van der Waals surface area contributed by atoms with Gasteiger partial charge in [0.1, 0.15) is 23.9 Å². The van der Waals surface area contributed by atoms with Gasteiger partial charge in [0, 0.05) is 12.2 Å². The number of methoxy groups -OCH3 is 3. The van der Waals surface area contributed by atoms with Crippen molar-refractivity contribution in [3.63, 3.8) is 0 Å². The van der Waals surface area contributed by atoms with E-state index >= 15 is 0 Å². The Morgan fingerprint density at radius 2 is 1.53 bits per heavy atom. The molecule has 232 valence electrons. The van der Waals surface area contributed by atoms with Crippen molar-refractivity contribution in [1.29, 1.82) is 0 Å². The minimum Gasteiger partial charge on any atom is -0.494 e. The number of rotatable bonds is 13. The Hall–Kier alpha value is -5.58. The van der Waals surface area contributed by atoms with Crippen LogP contribution in [0.2, 0.25) is 0 Å². The molecule has 0 aliphatic heterocycles. The number of para-hydroxylation sites is 1. The molecule has 0 saturated carbocycles. The number of anilines is 1. The molecule has 45 heavy (non-hydrogen) atoms. The van der Waals surface area contributed by atoms with E-state index in [4.69, 9.17) is 18.9 Å². The fraction of sp³-hybridized carbons (Fsp3) is 0.235. The summed E-state index contributed by atoms with van der Waals surface area (Å²) < 4.78 is 23.9. The van der Waals surface area contributed by atoms with Crippen LogP contribution < -0.4 is 29.2 Å². The van der Waals surface area contributed by atoms with Crippen LogP contribution in [0.15, 0.2) is 91.0 Å². The van der Waals surface area contributed by atoms with Crippen molar-refractivity contribution in [2.45, 2.75) is 26.1 Å². The molecule has 0 unspecified atom stereocenters. The van der Waals surface area contributed by atoms with Crippen molar-refractivity contribution in [3.05, 3.63) is 102 Å². The number of carbonyl (C=O) groups is 2. The van der Waals surface area contributed by atoms with Gasteiger partial charge >= 0.3 is 0 Å². The van der Waals surface area contributed by atoms with Crippen molar-refractivity contribution >= 4 is 28.5 Å². The van der Waals surface area contributed by atoms with Crippen LogP contribution >= 0.6 is 0 Å². The molecule has 5 rings (SSSR count). The summed E-state index contributed by atoms with van der Waals surface area (Å²) in [5.41, 5.74) is 3.17. The van der Waals surface area contributed by atoms with Crippen molar-refractivity contribution in [2.75, 3.05) is 32.8 Å². The van der Waals surface area contributed by atoms with E-state index in [1.807, 2.05) is 61.5 Å². The molecule has 1 aromatic heterocycles. The second-order valence-corrected chi connectivity index (χ2v) is 9.99. The normalized spacial score (nSPS) is 11.5. The van der Waals surface area contributed by atoms with E-state index in [-0.39, 0.29) is 13.1 Å². The van der Waals surface area contributed by atoms with Crippen molar-refractivity contribution in [3.8, 4) is 23.0 Å². The molecule has 0 spiro atoms. The number of nitrogens with one attached hydrogen (secondary N) is 1. The lowest BCUT2D eigenvalue weighted by Gasteiger charge is -2.32. The van der Waals surface area contributed by atoms with Gasteiger partial charge in [-0.15, -0.1) is 5.10 Å². The molecule has 0 bridgehead atoms. The molecule has 1 N–H and O–H groups in total.